The van der Waals surface area contributed by atoms with Gasteiger partial charge in [0.15, 0.2) is 0 Å². The number of rotatable bonds is 13. The van der Waals surface area contributed by atoms with E-state index in [1.54, 1.807) is 34.8 Å². The third-order valence-corrected chi connectivity index (χ3v) is 14.0. The first-order valence-corrected chi connectivity index (χ1v) is 22.3. The van der Waals surface area contributed by atoms with Gasteiger partial charge in [0.1, 0.15) is 10.7 Å². The van der Waals surface area contributed by atoms with E-state index in [-0.39, 0.29) is 21.8 Å². The van der Waals surface area contributed by atoms with Gasteiger partial charge in [0.05, 0.1) is 20.4 Å². The molecule has 12 nitrogen and oxygen atoms in total. The van der Waals surface area contributed by atoms with Crippen LogP contribution in [0.5, 0.6) is 0 Å². The lowest BCUT2D eigenvalue weighted by Gasteiger charge is -2.36. The number of nitro benzene ring substituents is 1. The van der Waals surface area contributed by atoms with Crippen molar-refractivity contribution in [1.82, 2.24) is 14.6 Å². The number of nitrogens with zero attached hydrogens (tertiary/aromatic N) is 4. The van der Waals surface area contributed by atoms with Gasteiger partial charge in [-0.2, -0.15) is 0 Å². The topological polar surface area (TPSA) is 147 Å². The molecule has 2 aliphatic heterocycles. The predicted octanol–water partition coefficient (Wildman–Crippen LogP) is 8.39. The van der Waals surface area contributed by atoms with Crippen molar-refractivity contribution in [3.8, 4) is 31.6 Å². The van der Waals surface area contributed by atoms with Crippen LogP contribution in [0.25, 0.3) is 31.6 Å². The maximum absolute atomic E-state index is 13.2. The van der Waals surface area contributed by atoms with Crippen LogP contribution in [0.3, 0.4) is 0 Å². The van der Waals surface area contributed by atoms with E-state index in [2.05, 4.69) is 73.7 Å². The number of nitrogens with one attached hydrogen (secondary N) is 2. The predicted molar refractivity (Wildman–Crippen MR) is 230 cm³/mol. The summed E-state index contributed by atoms with van der Waals surface area (Å²) in [6.45, 7) is 5.90. The fourth-order valence-electron chi connectivity index (χ4n) is 7.28. The van der Waals surface area contributed by atoms with Crippen LogP contribution in [0.2, 0.25) is 0 Å². The maximum Gasteiger partial charge on any atom is 0.293 e. The Morgan fingerprint density at radius 2 is 1.60 bits per heavy atom. The van der Waals surface area contributed by atoms with E-state index in [1.165, 1.54) is 28.1 Å². The summed E-state index contributed by atoms with van der Waals surface area (Å²) in [5.41, 5.74) is 5.55. The van der Waals surface area contributed by atoms with Crippen LogP contribution in [-0.4, -0.2) is 75.1 Å². The minimum Gasteiger partial charge on any atom is -0.381 e. The highest BCUT2D eigenvalue weighted by Gasteiger charge is 2.25. The molecule has 58 heavy (non-hydrogen) atoms. The molecule has 0 radical (unpaired) electrons. The Morgan fingerprint density at radius 1 is 0.879 bits per heavy atom. The van der Waals surface area contributed by atoms with Gasteiger partial charge in [-0.15, -0.1) is 22.7 Å². The standard InChI is InChI=1S/C43H42N6O6S3/c50-42(46-58(53,54)35-14-15-37(39(26-35)49(51)52)44-27-30-18-24-55-25-19-30)32-10-12-34(13-11-32)48-22-20-47(21-23-48)28-33-8-4-5-9-36(33)40-16-17-41(57-40)43-45-38(29-56-43)31-6-2-1-3-7-31/h1-17,26,29-30,44H,18-25,27-28H2,(H,46,50). The molecule has 6 aromatic rings. The van der Waals surface area contributed by atoms with Gasteiger partial charge < -0.3 is 15.0 Å². The normalized spacial score (nSPS) is 15.3. The summed E-state index contributed by atoms with van der Waals surface area (Å²) < 4.78 is 33.8. The van der Waals surface area contributed by atoms with Crippen LogP contribution in [0.4, 0.5) is 17.1 Å². The third-order valence-electron chi connectivity index (χ3n) is 10.6. The van der Waals surface area contributed by atoms with Gasteiger partial charge in [-0.3, -0.25) is 19.8 Å². The van der Waals surface area contributed by atoms with Crippen LogP contribution >= 0.6 is 22.7 Å². The summed E-state index contributed by atoms with van der Waals surface area (Å²) in [5.74, 6) is -0.515. The van der Waals surface area contributed by atoms with E-state index in [9.17, 15) is 23.3 Å². The fourth-order valence-corrected chi connectivity index (χ4v) is 10.2. The molecule has 15 heteroatoms. The van der Waals surface area contributed by atoms with Gasteiger partial charge in [0, 0.05) is 85.6 Å². The molecule has 0 unspecified atom stereocenters. The SMILES string of the molecule is O=C(NS(=O)(=O)c1ccc(NCC2CCOCC2)c([N+](=O)[O-])c1)c1ccc(N2CCN(Cc3ccccc3-c3ccc(-c4nc(-c5ccccc5)cs4)s3)CC2)cc1. The van der Waals surface area contributed by atoms with Crippen molar-refractivity contribution in [2.45, 2.75) is 24.3 Å². The monoisotopic (exact) mass is 834 g/mol. The van der Waals surface area contributed by atoms with Crippen molar-refractivity contribution in [1.29, 1.82) is 0 Å². The first-order valence-electron chi connectivity index (χ1n) is 19.1. The summed E-state index contributed by atoms with van der Waals surface area (Å²) in [4.78, 5) is 35.9. The number of benzene rings is 4. The average Bonchev–Trinajstić information content (AvgIpc) is 3.95. The zero-order chi connectivity index (χ0) is 40.1. The smallest absolute Gasteiger partial charge is 0.293 e. The van der Waals surface area contributed by atoms with Crippen molar-refractivity contribution >= 4 is 55.7 Å². The number of amides is 1. The number of thiazole rings is 1. The van der Waals surface area contributed by atoms with Crippen molar-refractivity contribution < 1.29 is 22.9 Å². The summed E-state index contributed by atoms with van der Waals surface area (Å²) in [7, 11) is -4.39. The second-order valence-corrected chi connectivity index (χ2v) is 18.0. The first kappa shape index (κ1) is 39.4. The van der Waals surface area contributed by atoms with Gasteiger partial charge >= 0.3 is 0 Å². The van der Waals surface area contributed by atoms with Crippen LogP contribution in [0.1, 0.15) is 28.8 Å². The lowest BCUT2D eigenvalue weighted by atomic mass is 10.0. The van der Waals surface area contributed by atoms with Crippen LogP contribution < -0.4 is 14.9 Å². The molecule has 2 saturated heterocycles. The van der Waals surface area contributed by atoms with E-state index in [0.29, 0.717) is 25.7 Å². The largest absolute Gasteiger partial charge is 0.381 e. The molecule has 1 amide bonds. The minimum absolute atomic E-state index is 0.162. The van der Waals surface area contributed by atoms with E-state index < -0.39 is 20.9 Å². The summed E-state index contributed by atoms with van der Waals surface area (Å²) in [5, 5.41) is 18.1. The number of carbonyl (C=O) groups is 1. The van der Waals surface area contributed by atoms with Gasteiger partial charge in [-0.1, -0.05) is 54.6 Å². The number of thiophene rings is 1. The molecule has 4 aromatic carbocycles. The second kappa shape index (κ2) is 17.6. The highest BCUT2D eigenvalue weighted by molar-refractivity contribution is 7.90. The van der Waals surface area contributed by atoms with Gasteiger partial charge in [-0.25, -0.2) is 18.1 Å². The maximum atomic E-state index is 13.2. The highest BCUT2D eigenvalue weighted by Crippen LogP contribution is 2.39. The second-order valence-electron chi connectivity index (χ2n) is 14.3. The molecule has 4 heterocycles. The number of nitro groups is 1. The van der Waals surface area contributed by atoms with E-state index >= 15 is 0 Å². The number of carbonyl (C=O) groups excluding carboxylic acids is 1. The Morgan fingerprint density at radius 3 is 2.36 bits per heavy atom. The summed E-state index contributed by atoms with van der Waals surface area (Å²) in [6, 6.07) is 33.6. The summed E-state index contributed by atoms with van der Waals surface area (Å²) >= 11 is 3.43. The molecule has 0 spiro atoms. The number of aromatic nitrogens is 1. The molecule has 8 rings (SSSR count). The molecule has 2 N–H and O–H groups in total. The Balaban J connectivity index is 0.856. The van der Waals surface area contributed by atoms with Gasteiger partial charge in [0.25, 0.3) is 21.6 Å². The van der Waals surface area contributed by atoms with Crippen LogP contribution in [0, 0.1) is 16.0 Å². The van der Waals surface area contributed by atoms with Gasteiger partial charge in [0.2, 0.25) is 0 Å². The Labute approximate surface area is 345 Å². The fraction of sp³-hybridized carbons (Fsp3) is 0.256. The summed E-state index contributed by atoms with van der Waals surface area (Å²) in [6.07, 6.45) is 1.69. The molecule has 0 aliphatic carbocycles. The van der Waals surface area contributed by atoms with E-state index in [0.717, 1.165) is 78.5 Å². The van der Waals surface area contributed by atoms with E-state index in [4.69, 9.17) is 9.72 Å². The quantitative estimate of drug-likeness (QED) is 0.0859. The molecule has 0 atom stereocenters. The zero-order valence-electron chi connectivity index (χ0n) is 31.6. The van der Waals surface area contributed by atoms with Crippen LogP contribution in [-0.2, 0) is 21.3 Å². The lowest BCUT2D eigenvalue weighted by Crippen LogP contribution is -2.46. The molecule has 2 fully saturated rings. The molecule has 2 aliphatic rings. The number of piperazine rings is 1. The number of hydrogen-bond donors (Lipinski definition) is 2. The lowest BCUT2D eigenvalue weighted by molar-refractivity contribution is -0.384. The van der Waals surface area contributed by atoms with Gasteiger partial charge in [-0.05, 0) is 78.4 Å². The molecule has 2 aromatic heterocycles. The van der Waals surface area contributed by atoms with Crippen molar-refractivity contribution in [3.63, 3.8) is 0 Å². The third kappa shape index (κ3) is 9.14. The van der Waals surface area contributed by atoms with Crippen LogP contribution in [0.15, 0.2) is 119 Å². The van der Waals surface area contributed by atoms with Crippen molar-refractivity contribution in [2.75, 3.05) is 56.2 Å². The van der Waals surface area contributed by atoms with E-state index in [1.807, 2.05) is 30.3 Å². The zero-order valence-corrected chi connectivity index (χ0v) is 34.0. The molecular formula is C43H42N6O6S3. The van der Waals surface area contributed by atoms with Crippen molar-refractivity contribution in [3.05, 3.63) is 136 Å². The molecule has 0 bridgehead atoms. The Kier molecular flexibility index (Phi) is 11.9. The molecular weight excluding hydrogens is 793 g/mol. The number of sulfonamides is 1. The number of hydrogen-bond acceptors (Lipinski definition) is 12. The minimum atomic E-state index is -4.39. The number of anilines is 2. The number of ether oxygens (including phenoxy) is 1. The Hall–Kier alpha value is -5.45. The Bertz CT molecular complexity index is 2490. The highest BCUT2D eigenvalue weighted by atomic mass is 32.2. The average molecular weight is 835 g/mol. The molecule has 298 valence electrons. The first-order chi connectivity index (χ1) is 28.2. The van der Waals surface area contributed by atoms with Crippen molar-refractivity contribution in [2.24, 2.45) is 5.92 Å². The molecule has 0 saturated carbocycles.